The SMILES string of the molecule is CCCN1C(=O)/C(=C\c2ccc(OC)c(OC)c2)C(C(=O)OC)=C1C. The molecule has 1 aromatic rings. The Morgan fingerprint density at radius 1 is 1.16 bits per heavy atom. The van der Waals surface area contributed by atoms with Crippen LogP contribution < -0.4 is 9.47 Å². The quantitative estimate of drug-likeness (QED) is 0.586. The Hall–Kier alpha value is -2.76. The van der Waals surface area contributed by atoms with E-state index < -0.39 is 5.97 Å². The van der Waals surface area contributed by atoms with Gasteiger partial charge < -0.3 is 19.1 Å². The number of hydrogen-bond donors (Lipinski definition) is 0. The molecule has 1 amide bonds. The maximum atomic E-state index is 12.8. The molecule has 0 atom stereocenters. The highest BCUT2D eigenvalue weighted by atomic mass is 16.5. The molecule has 6 nitrogen and oxygen atoms in total. The number of rotatable bonds is 6. The summed E-state index contributed by atoms with van der Waals surface area (Å²) in [6, 6.07) is 5.31. The number of carbonyl (C=O) groups is 2. The zero-order valence-electron chi connectivity index (χ0n) is 15.2. The Morgan fingerprint density at radius 2 is 1.84 bits per heavy atom. The number of amides is 1. The maximum absolute atomic E-state index is 12.8. The molecule has 1 heterocycles. The molecule has 0 fully saturated rings. The Bertz CT molecular complexity index is 748. The van der Waals surface area contributed by atoms with E-state index in [1.165, 1.54) is 7.11 Å². The normalized spacial score (nSPS) is 15.8. The molecular formula is C19H23NO5. The van der Waals surface area contributed by atoms with Crippen LogP contribution in [-0.2, 0) is 14.3 Å². The number of esters is 1. The predicted octanol–water partition coefficient (Wildman–Crippen LogP) is 2.79. The van der Waals surface area contributed by atoms with Crippen LogP contribution in [0.3, 0.4) is 0 Å². The van der Waals surface area contributed by atoms with Gasteiger partial charge in [0.15, 0.2) is 11.5 Å². The van der Waals surface area contributed by atoms with E-state index in [4.69, 9.17) is 14.2 Å². The molecule has 0 radical (unpaired) electrons. The fourth-order valence-corrected chi connectivity index (χ4v) is 2.83. The zero-order chi connectivity index (χ0) is 18.6. The first-order valence-electron chi connectivity index (χ1n) is 8.03. The molecule has 0 aromatic heterocycles. The number of benzene rings is 1. The summed E-state index contributed by atoms with van der Waals surface area (Å²) in [5.41, 5.74) is 1.97. The summed E-state index contributed by atoms with van der Waals surface area (Å²) in [6.45, 7) is 4.29. The standard InChI is InChI=1S/C19H23NO5/c1-6-9-20-12(2)17(19(22)25-5)14(18(20)21)10-13-7-8-15(23-3)16(11-13)24-4/h7-8,10-11H,6,9H2,1-5H3/b14-10-. The number of hydrogen-bond acceptors (Lipinski definition) is 5. The molecule has 1 aliphatic rings. The molecule has 6 heteroatoms. The lowest BCUT2D eigenvalue weighted by Gasteiger charge is -2.16. The van der Waals surface area contributed by atoms with Crippen molar-refractivity contribution in [3.05, 3.63) is 40.6 Å². The largest absolute Gasteiger partial charge is 0.493 e. The molecule has 1 aromatic carbocycles. The lowest BCUT2D eigenvalue weighted by molar-refractivity contribution is -0.136. The van der Waals surface area contributed by atoms with Crippen molar-refractivity contribution in [3.63, 3.8) is 0 Å². The first kappa shape index (κ1) is 18.6. The van der Waals surface area contributed by atoms with Crippen LogP contribution in [0.5, 0.6) is 11.5 Å². The van der Waals surface area contributed by atoms with Gasteiger partial charge in [0.1, 0.15) is 0 Å². The molecular weight excluding hydrogens is 322 g/mol. The fourth-order valence-electron chi connectivity index (χ4n) is 2.83. The molecule has 0 unspecified atom stereocenters. The first-order chi connectivity index (χ1) is 12.0. The van der Waals surface area contributed by atoms with Crippen molar-refractivity contribution in [2.75, 3.05) is 27.9 Å². The summed E-state index contributed by atoms with van der Waals surface area (Å²) in [5.74, 6) is 0.425. The average Bonchev–Trinajstić information content (AvgIpc) is 2.85. The van der Waals surface area contributed by atoms with Crippen molar-refractivity contribution < 1.29 is 23.8 Å². The molecule has 25 heavy (non-hydrogen) atoms. The van der Waals surface area contributed by atoms with Gasteiger partial charge in [-0.1, -0.05) is 13.0 Å². The topological polar surface area (TPSA) is 65.1 Å². The van der Waals surface area contributed by atoms with Gasteiger partial charge in [0.25, 0.3) is 5.91 Å². The van der Waals surface area contributed by atoms with Crippen LogP contribution in [0, 0.1) is 0 Å². The van der Waals surface area contributed by atoms with Crippen molar-refractivity contribution in [3.8, 4) is 11.5 Å². The van der Waals surface area contributed by atoms with E-state index >= 15 is 0 Å². The smallest absolute Gasteiger partial charge is 0.340 e. The monoisotopic (exact) mass is 345 g/mol. The summed E-state index contributed by atoms with van der Waals surface area (Å²) in [5, 5.41) is 0. The van der Waals surface area contributed by atoms with Crippen LogP contribution >= 0.6 is 0 Å². The molecule has 0 aliphatic carbocycles. The number of nitrogens with zero attached hydrogens (tertiary/aromatic N) is 1. The maximum Gasteiger partial charge on any atom is 0.340 e. The Kier molecular flexibility index (Phi) is 5.85. The minimum Gasteiger partial charge on any atom is -0.493 e. The lowest BCUT2D eigenvalue weighted by atomic mass is 10.0. The van der Waals surface area contributed by atoms with Gasteiger partial charge in [-0.25, -0.2) is 4.79 Å². The second-order valence-electron chi connectivity index (χ2n) is 5.58. The molecule has 2 rings (SSSR count). The number of ether oxygens (including phenoxy) is 3. The second kappa shape index (κ2) is 7.88. The summed E-state index contributed by atoms with van der Waals surface area (Å²) in [4.78, 5) is 26.6. The van der Waals surface area contributed by atoms with Crippen LogP contribution in [0.1, 0.15) is 25.8 Å². The molecule has 0 N–H and O–H groups in total. The molecule has 0 saturated carbocycles. The van der Waals surface area contributed by atoms with Gasteiger partial charge >= 0.3 is 5.97 Å². The van der Waals surface area contributed by atoms with Gasteiger partial charge in [0, 0.05) is 12.2 Å². The fraction of sp³-hybridized carbons (Fsp3) is 0.368. The summed E-state index contributed by atoms with van der Waals surface area (Å²) < 4.78 is 15.4. The highest BCUT2D eigenvalue weighted by Crippen LogP contribution is 2.33. The number of allylic oxidation sites excluding steroid dienone is 1. The van der Waals surface area contributed by atoms with Gasteiger partial charge in [0.05, 0.1) is 32.5 Å². The van der Waals surface area contributed by atoms with E-state index in [1.54, 1.807) is 50.3 Å². The van der Waals surface area contributed by atoms with E-state index in [1.807, 2.05) is 6.92 Å². The third-order valence-corrected chi connectivity index (χ3v) is 4.07. The third-order valence-electron chi connectivity index (χ3n) is 4.07. The van der Waals surface area contributed by atoms with Crippen LogP contribution in [0.4, 0.5) is 0 Å². The highest BCUT2D eigenvalue weighted by Gasteiger charge is 2.36. The molecule has 1 aliphatic heterocycles. The highest BCUT2D eigenvalue weighted by molar-refractivity contribution is 6.16. The second-order valence-corrected chi connectivity index (χ2v) is 5.58. The van der Waals surface area contributed by atoms with Gasteiger partial charge in [-0.05, 0) is 37.1 Å². The number of carbonyl (C=O) groups excluding carboxylic acids is 2. The molecule has 0 saturated heterocycles. The average molecular weight is 345 g/mol. The van der Waals surface area contributed by atoms with Crippen molar-refractivity contribution >= 4 is 18.0 Å². The summed E-state index contributed by atoms with van der Waals surface area (Å²) >= 11 is 0. The Labute approximate surface area is 147 Å². The van der Waals surface area contributed by atoms with E-state index in [0.29, 0.717) is 34.9 Å². The van der Waals surface area contributed by atoms with Crippen LogP contribution in [0.25, 0.3) is 6.08 Å². The summed E-state index contributed by atoms with van der Waals surface area (Å²) in [7, 11) is 4.41. The van der Waals surface area contributed by atoms with Crippen LogP contribution in [-0.4, -0.2) is 44.7 Å². The van der Waals surface area contributed by atoms with Crippen LogP contribution in [0.15, 0.2) is 35.0 Å². The van der Waals surface area contributed by atoms with Gasteiger partial charge in [-0.2, -0.15) is 0 Å². The van der Waals surface area contributed by atoms with E-state index in [2.05, 4.69) is 0 Å². The van der Waals surface area contributed by atoms with E-state index in [-0.39, 0.29) is 5.91 Å². The molecule has 0 bridgehead atoms. The van der Waals surface area contributed by atoms with E-state index in [0.717, 1.165) is 12.0 Å². The summed E-state index contributed by atoms with van der Waals surface area (Å²) in [6.07, 6.45) is 2.47. The Morgan fingerprint density at radius 3 is 2.40 bits per heavy atom. The van der Waals surface area contributed by atoms with Crippen molar-refractivity contribution in [1.82, 2.24) is 4.90 Å². The lowest BCUT2D eigenvalue weighted by Crippen LogP contribution is -2.25. The van der Waals surface area contributed by atoms with Crippen molar-refractivity contribution in [2.24, 2.45) is 0 Å². The van der Waals surface area contributed by atoms with Gasteiger partial charge in [-0.3, -0.25) is 4.79 Å². The Balaban J connectivity index is 2.53. The number of methoxy groups -OCH3 is 3. The predicted molar refractivity (Wildman–Crippen MR) is 94.2 cm³/mol. The zero-order valence-corrected chi connectivity index (χ0v) is 15.2. The minimum atomic E-state index is -0.517. The molecule has 0 spiro atoms. The van der Waals surface area contributed by atoms with Crippen molar-refractivity contribution in [1.29, 1.82) is 0 Å². The van der Waals surface area contributed by atoms with E-state index in [9.17, 15) is 9.59 Å². The van der Waals surface area contributed by atoms with Gasteiger partial charge in [0.2, 0.25) is 0 Å². The molecule has 134 valence electrons. The van der Waals surface area contributed by atoms with Crippen molar-refractivity contribution in [2.45, 2.75) is 20.3 Å². The minimum absolute atomic E-state index is 0.200. The first-order valence-corrected chi connectivity index (χ1v) is 8.03. The third kappa shape index (κ3) is 3.52. The van der Waals surface area contributed by atoms with Gasteiger partial charge in [-0.15, -0.1) is 0 Å². The van der Waals surface area contributed by atoms with Crippen LogP contribution in [0.2, 0.25) is 0 Å².